The number of aliphatic hydroxyl groups excluding tert-OH is 1. The highest BCUT2D eigenvalue weighted by atomic mass is 19.1. The van der Waals surface area contributed by atoms with Crippen molar-refractivity contribution in [2.45, 2.75) is 95.0 Å². The summed E-state index contributed by atoms with van der Waals surface area (Å²) in [4.78, 5) is 24.2. The van der Waals surface area contributed by atoms with Crippen molar-refractivity contribution < 1.29 is 43.5 Å². The fourth-order valence-electron chi connectivity index (χ4n) is 8.80. The first-order chi connectivity index (χ1) is 15.8. The smallest absolute Gasteiger partial charge is 0.303 e. The third-order valence-corrected chi connectivity index (χ3v) is 10.6. The molecule has 5 aliphatic rings. The van der Waals surface area contributed by atoms with Crippen LogP contribution in [0.5, 0.6) is 0 Å². The van der Waals surface area contributed by atoms with Crippen LogP contribution in [0, 0.1) is 28.6 Å². The molecule has 9 atom stereocenters. The molecule has 0 bridgehead atoms. The third-order valence-electron chi connectivity index (χ3n) is 10.6. The molecule has 0 amide bonds. The summed E-state index contributed by atoms with van der Waals surface area (Å²) in [6, 6.07) is 0. The fourth-order valence-corrected chi connectivity index (χ4v) is 8.80. The van der Waals surface area contributed by atoms with Crippen molar-refractivity contribution in [3.8, 4) is 0 Å². The quantitative estimate of drug-likeness (QED) is 0.517. The van der Waals surface area contributed by atoms with E-state index in [4.69, 9.17) is 14.2 Å². The molecular weight excluding hydrogens is 447 g/mol. The predicted octanol–water partition coefficient (Wildman–Crippen LogP) is 1.67. The summed E-state index contributed by atoms with van der Waals surface area (Å²) in [5, 5.41) is 34.9. The van der Waals surface area contributed by atoms with Crippen LogP contribution in [0.2, 0.25) is 0 Å². The minimum atomic E-state index is -1.76. The fraction of sp³-hybridized carbons (Fsp3) is 0.920. The molecule has 3 N–H and O–H groups in total. The molecule has 5 fully saturated rings. The van der Waals surface area contributed by atoms with Gasteiger partial charge in [-0.25, -0.2) is 4.39 Å². The lowest BCUT2D eigenvalue weighted by Gasteiger charge is -2.66. The van der Waals surface area contributed by atoms with E-state index in [2.05, 4.69) is 0 Å². The first-order valence-corrected chi connectivity index (χ1v) is 12.5. The number of halogens is 1. The number of esters is 1. The van der Waals surface area contributed by atoms with E-state index >= 15 is 4.39 Å². The topological polar surface area (TPSA) is 123 Å². The van der Waals surface area contributed by atoms with Gasteiger partial charge in [-0.1, -0.05) is 13.8 Å². The lowest BCUT2D eigenvalue weighted by atomic mass is 9.41. The first kappa shape index (κ1) is 24.6. The molecule has 1 saturated heterocycles. The van der Waals surface area contributed by atoms with Crippen LogP contribution in [0.15, 0.2) is 0 Å². The number of fused-ring (bicyclic) bond motifs is 5. The van der Waals surface area contributed by atoms with Crippen LogP contribution in [-0.2, 0) is 23.8 Å². The van der Waals surface area contributed by atoms with Crippen LogP contribution >= 0.6 is 0 Å². The van der Waals surface area contributed by atoms with Crippen molar-refractivity contribution in [3.05, 3.63) is 0 Å². The Bertz CT molecular complexity index is 875. The average Bonchev–Trinajstić information content (AvgIpc) is 3.31. The molecular formula is C25H37FO8. The maximum Gasteiger partial charge on any atom is 0.303 e. The maximum absolute atomic E-state index is 16.0. The molecule has 1 aliphatic heterocycles. The van der Waals surface area contributed by atoms with Gasteiger partial charge in [-0.2, -0.15) is 0 Å². The highest BCUT2D eigenvalue weighted by Gasteiger charge is 2.74. The zero-order valence-corrected chi connectivity index (χ0v) is 20.2. The SMILES string of the molecule is CC(=O)OCC(=O)[C@@]1(O)CC[C@@H]2[C@@H]3C[C@H](F)[C@@]4(O)CC5(CC[C@]4(C)[C@@H]3[C@@H](O)C[C@]21C)OCCO5. The van der Waals surface area contributed by atoms with E-state index in [-0.39, 0.29) is 43.4 Å². The van der Waals surface area contributed by atoms with Gasteiger partial charge in [0.05, 0.1) is 19.3 Å². The number of alkyl halides is 1. The number of ketones is 1. The van der Waals surface area contributed by atoms with Gasteiger partial charge in [0.2, 0.25) is 5.78 Å². The van der Waals surface area contributed by atoms with Crippen molar-refractivity contribution >= 4 is 11.8 Å². The first-order valence-electron chi connectivity index (χ1n) is 12.5. The normalized spacial score (nSPS) is 51.4. The standard InChI is InChI=1S/C25H37FO8/c1-14(27)32-12-19(29)24(30)5-4-16-15-10-18(26)25(31)13-23(33-8-9-34-23)7-6-21(25,2)20(15)17(28)11-22(16,24)3/h15-18,20,28,30-31H,4-13H2,1-3H3/t15-,16+,17-,18-,20-,21+,22+,24-,25-/m0/s1. The number of carbonyl (C=O) groups excluding carboxylic acids is 2. The Kier molecular flexibility index (Phi) is 5.55. The Balaban J connectivity index is 1.47. The molecule has 192 valence electrons. The number of carbonyl (C=O) groups is 2. The van der Waals surface area contributed by atoms with Crippen molar-refractivity contribution in [2.24, 2.45) is 28.6 Å². The maximum atomic E-state index is 16.0. The second-order valence-corrected chi connectivity index (χ2v) is 11.9. The van der Waals surface area contributed by atoms with Gasteiger partial charge in [0.15, 0.2) is 12.4 Å². The summed E-state index contributed by atoms with van der Waals surface area (Å²) in [6.45, 7) is 5.17. The number of aliphatic hydroxyl groups is 3. The van der Waals surface area contributed by atoms with Crippen LogP contribution in [0.25, 0.3) is 0 Å². The van der Waals surface area contributed by atoms with E-state index in [0.717, 1.165) is 0 Å². The van der Waals surface area contributed by atoms with Crippen LogP contribution in [-0.4, -0.2) is 76.2 Å². The molecule has 9 heteroatoms. The van der Waals surface area contributed by atoms with Crippen molar-refractivity contribution in [1.82, 2.24) is 0 Å². The van der Waals surface area contributed by atoms with Crippen molar-refractivity contribution in [3.63, 3.8) is 0 Å². The summed E-state index contributed by atoms with van der Waals surface area (Å²) >= 11 is 0. The van der Waals surface area contributed by atoms with E-state index < -0.39 is 58.5 Å². The number of hydrogen-bond donors (Lipinski definition) is 3. The largest absolute Gasteiger partial charge is 0.458 e. The van der Waals surface area contributed by atoms with E-state index in [1.54, 1.807) is 6.92 Å². The zero-order valence-electron chi connectivity index (χ0n) is 20.2. The molecule has 0 radical (unpaired) electrons. The molecule has 0 aromatic rings. The van der Waals surface area contributed by atoms with Gasteiger partial charge in [-0.3, -0.25) is 9.59 Å². The Hall–Kier alpha value is -1.13. The molecule has 4 aliphatic carbocycles. The second kappa shape index (κ2) is 7.68. The Morgan fingerprint density at radius 1 is 1.09 bits per heavy atom. The Labute approximate surface area is 199 Å². The summed E-state index contributed by atoms with van der Waals surface area (Å²) < 4.78 is 32.5. The van der Waals surface area contributed by atoms with Gasteiger partial charge in [-0.15, -0.1) is 0 Å². The molecule has 0 aromatic carbocycles. The number of ether oxygens (including phenoxy) is 3. The van der Waals surface area contributed by atoms with Gasteiger partial charge in [0.1, 0.15) is 17.4 Å². The summed E-state index contributed by atoms with van der Waals surface area (Å²) in [7, 11) is 0. The zero-order chi connectivity index (χ0) is 24.7. The highest BCUT2D eigenvalue weighted by Crippen LogP contribution is 2.70. The number of rotatable bonds is 3. The van der Waals surface area contributed by atoms with Crippen LogP contribution in [0.1, 0.15) is 65.7 Å². The van der Waals surface area contributed by atoms with Gasteiger partial charge < -0.3 is 29.5 Å². The number of Topliss-reactive ketones (excluding diaryl/α,β-unsaturated/α-hetero) is 1. The minimum Gasteiger partial charge on any atom is -0.458 e. The lowest BCUT2D eigenvalue weighted by molar-refractivity contribution is -0.315. The Morgan fingerprint density at radius 2 is 1.76 bits per heavy atom. The molecule has 0 unspecified atom stereocenters. The van der Waals surface area contributed by atoms with E-state index in [9.17, 15) is 24.9 Å². The van der Waals surface area contributed by atoms with Gasteiger partial charge in [0.25, 0.3) is 0 Å². The van der Waals surface area contributed by atoms with Crippen molar-refractivity contribution in [1.29, 1.82) is 0 Å². The van der Waals surface area contributed by atoms with Gasteiger partial charge in [-0.05, 0) is 49.9 Å². The molecule has 4 saturated carbocycles. The minimum absolute atomic E-state index is 0.0281. The lowest BCUT2D eigenvalue weighted by Crippen LogP contribution is -2.72. The molecule has 0 aromatic heterocycles. The van der Waals surface area contributed by atoms with E-state index in [1.165, 1.54) is 6.92 Å². The molecule has 5 rings (SSSR count). The third kappa shape index (κ3) is 3.06. The van der Waals surface area contributed by atoms with Gasteiger partial charge in [0, 0.05) is 30.6 Å². The van der Waals surface area contributed by atoms with Crippen LogP contribution < -0.4 is 0 Å². The molecule has 1 heterocycles. The molecule has 1 spiro atoms. The van der Waals surface area contributed by atoms with E-state index in [0.29, 0.717) is 32.5 Å². The molecule has 8 nitrogen and oxygen atoms in total. The summed E-state index contributed by atoms with van der Waals surface area (Å²) in [5.74, 6) is -3.05. The second-order valence-electron chi connectivity index (χ2n) is 11.9. The average molecular weight is 485 g/mol. The molecule has 34 heavy (non-hydrogen) atoms. The number of hydrogen-bond acceptors (Lipinski definition) is 8. The summed E-state index contributed by atoms with van der Waals surface area (Å²) in [5.41, 5.74) is -5.35. The van der Waals surface area contributed by atoms with Crippen molar-refractivity contribution in [2.75, 3.05) is 19.8 Å². The Morgan fingerprint density at radius 3 is 2.41 bits per heavy atom. The highest BCUT2D eigenvalue weighted by molar-refractivity contribution is 5.91. The predicted molar refractivity (Wildman–Crippen MR) is 116 cm³/mol. The monoisotopic (exact) mass is 484 g/mol. The van der Waals surface area contributed by atoms with Crippen LogP contribution in [0.4, 0.5) is 4.39 Å². The summed E-state index contributed by atoms with van der Waals surface area (Å²) in [6.07, 6.45) is -0.621. The van der Waals surface area contributed by atoms with E-state index in [1.807, 2.05) is 6.92 Å². The van der Waals surface area contributed by atoms with Crippen LogP contribution in [0.3, 0.4) is 0 Å². The van der Waals surface area contributed by atoms with Gasteiger partial charge >= 0.3 is 5.97 Å².